The van der Waals surface area contributed by atoms with Gasteiger partial charge in [0, 0.05) is 38.6 Å². The molecule has 3 aromatic heterocycles. The number of hydrogen-bond acceptors (Lipinski definition) is 3. The smallest absolute Gasteiger partial charge is 0.200 e. The largest absolute Gasteiger partial charge is 0.456 e. The van der Waals surface area contributed by atoms with E-state index in [1.54, 1.807) is 0 Å². The molecule has 0 fully saturated rings. The molecule has 0 saturated heterocycles. The zero-order valence-corrected chi connectivity index (χ0v) is 39.5. The van der Waals surface area contributed by atoms with Crippen LogP contribution in [0.2, 0.25) is 0 Å². The average Bonchev–Trinajstić information content (AvgIpc) is 3.98. The summed E-state index contributed by atoms with van der Waals surface area (Å²) in [6.07, 6.45) is 0. The Labute approximate surface area is 420 Å². The van der Waals surface area contributed by atoms with E-state index in [0.29, 0.717) is 21.9 Å². The van der Waals surface area contributed by atoms with E-state index < -0.39 is 5.41 Å². The monoisotopic (exact) mass is 933 g/mol. The maximum absolute atomic E-state index is 13.6. The SMILES string of the molecule is O=c1c2ccccc2oc2cc(-c3ccc(N4c5cc(-n6c7ccccc7c7ccccc76)ccc5C(c5ccccc5)(c5ccccc5)c5ccc(-n6c7ccccc7c7ccccc76)cc54)cc3)ccc12. The molecule has 0 bridgehead atoms. The molecule has 0 amide bonds. The van der Waals surface area contributed by atoms with Crippen LogP contribution in [0.25, 0.3) is 88.1 Å². The van der Waals surface area contributed by atoms with E-state index in [9.17, 15) is 4.79 Å². The average molecular weight is 934 g/mol. The Bertz CT molecular complexity index is 4270. The summed E-state index contributed by atoms with van der Waals surface area (Å²) >= 11 is 0. The normalized spacial score (nSPS) is 13.1. The minimum atomic E-state index is -0.721. The van der Waals surface area contributed by atoms with Gasteiger partial charge >= 0.3 is 0 Å². The maximum atomic E-state index is 13.6. The molecular formula is C68H43N3O2. The van der Waals surface area contributed by atoms with Crippen molar-refractivity contribution in [2.75, 3.05) is 4.90 Å². The van der Waals surface area contributed by atoms with Crippen LogP contribution in [0.5, 0.6) is 0 Å². The quantitative estimate of drug-likeness (QED) is 0.156. The van der Waals surface area contributed by atoms with Crippen molar-refractivity contribution in [3.05, 3.63) is 293 Å². The molecule has 0 aliphatic carbocycles. The molecule has 0 unspecified atom stereocenters. The number of nitrogens with zero attached hydrogens (tertiary/aromatic N) is 3. The lowest BCUT2D eigenvalue weighted by Gasteiger charge is -2.47. The molecule has 0 N–H and O–H groups in total. The van der Waals surface area contributed by atoms with Gasteiger partial charge in [-0.15, -0.1) is 0 Å². The van der Waals surface area contributed by atoms with E-state index in [2.05, 4.69) is 232 Å². The van der Waals surface area contributed by atoms with Gasteiger partial charge in [0.2, 0.25) is 5.43 Å². The van der Waals surface area contributed by atoms with Crippen LogP contribution in [0, 0.1) is 0 Å². The van der Waals surface area contributed by atoms with Gasteiger partial charge < -0.3 is 18.5 Å². The molecule has 73 heavy (non-hydrogen) atoms. The first kappa shape index (κ1) is 41.1. The summed E-state index contributed by atoms with van der Waals surface area (Å²) in [5.74, 6) is 0. The van der Waals surface area contributed by atoms with E-state index in [0.717, 1.165) is 61.6 Å². The van der Waals surface area contributed by atoms with Crippen LogP contribution in [0.1, 0.15) is 22.3 Å². The Morgan fingerprint density at radius 2 is 0.712 bits per heavy atom. The van der Waals surface area contributed by atoms with Gasteiger partial charge in [-0.2, -0.15) is 0 Å². The fourth-order valence-electron chi connectivity index (χ4n) is 12.2. The zero-order chi connectivity index (χ0) is 48.2. The van der Waals surface area contributed by atoms with Crippen molar-refractivity contribution in [3.8, 4) is 22.5 Å². The van der Waals surface area contributed by atoms with Crippen molar-refractivity contribution < 1.29 is 4.42 Å². The molecule has 5 heteroatoms. The number of fused-ring (bicyclic) bond motifs is 10. The van der Waals surface area contributed by atoms with Gasteiger partial charge in [-0.25, -0.2) is 0 Å². The summed E-state index contributed by atoms with van der Waals surface area (Å²) in [4.78, 5) is 16.1. The minimum Gasteiger partial charge on any atom is -0.456 e. The molecule has 5 nitrogen and oxygen atoms in total. The van der Waals surface area contributed by atoms with Gasteiger partial charge in [0.25, 0.3) is 0 Å². The van der Waals surface area contributed by atoms with E-state index in [4.69, 9.17) is 4.42 Å². The predicted molar refractivity (Wildman–Crippen MR) is 301 cm³/mol. The summed E-state index contributed by atoms with van der Waals surface area (Å²) in [5, 5.41) is 6.02. The van der Waals surface area contributed by atoms with Crippen molar-refractivity contribution in [1.82, 2.24) is 9.13 Å². The zero-order valence-electron chi connectivity index (χ0n) is 39.5. The third kappa shape index (κ3) is 6.00. The van der Waals surface area contributed by atoms with Crippen molar-refractivity contribution >= 4 is 82.6 Å². The lowest BCUT2D eigenvalue weighted by molar-refractivity contribution is 0.660. The molecule has 0 saturated carbocycles. The minimum absolute atomic E-state index is 0.0242. The van der Waals surface area contributed by atoms with Crippen LogP contribution in [-0.2, 0) is 5.41 Å². The standard InChI is InChI=1S/C68H43N3O2/c72-67-55-25-11-16-30-65(55)73-66-41-45(33-38-56(66)67)44-31-34-48(35-32-44)69-63-42-49(70-59-26-12-7-21-51(59)52-22-8-13-27-60(52)70)36-39-57(63)68(46-17-3-1-4-18-46,47-19-5-2-6-20-47)58-40-37-50(43-64(58)69)71-61-28-14-9-23-53(61)54-24-10-15-29-62(54)71/h1-43H. The van der Waals surface area contributed by atoms with Crippen LogP contribution in [-0.4, -0.2) is 9.13 Å². The highest BCUT2D eigenvalue weighted by Crippen LogP contribution is 2.59. The fraction of sp³-hybridized carbons (Fsp3) is 0.0147. The molecule has 15 rings (SSSR count). The first-order valence-corrected chi connectivity index (χ1v) is 24.9. The van der Waals surface area contributed by atoms with E-state index >= 15 is 0 Å². The number of para-hydroxylation sites is 5. The summed E-state index contributed by atoms with van der Waals surface area (Å²) in [6, 6.07) is 93.5. The number of aromatic nitrogens is 2. The third-order valence-corrected chi connectivity index (χ3v) is 15.4. The highest BCUT2D eigenvalue weighted by molar-refractivity contribution is 6.10. The summed E-state index contributed by atoms with van der Waals surface area (Å²) in [5.41, 5.74) is 17.0. The molecular weight excluding hydrogens is 891 g/mol. The first-order chi connectivity index (χ1) is 36.1. The van der Waals surface area contributed by atoms with Crippen LogP contribution in [0.3, 0.4) is 0 Å². The van der Waals surface area contributed by atoms with Crippen LogP contribution in [0.4, 0.5) is 17.1 Å². The third-order valence-electron chi connectivity index (χ3n) is 15.4. The Kier molecular flexibility index (Phi) is 8.96. The van der Waals surface area contributed by atoms with Gasteiger partial charge in [-0.3, -0.25) is 4.79 Å². The summed E-state index contributed by atoms with van der Waals surface area (Å²) in [6.45, 7) is 0. The van der Waals surface area contributed by atoms with Crippen molar-refractivity contribution in [2.45, 2.75) is 5.41 Å². The number of rotatable bonds is 6. The second kappa shape index (κ2) is 15.9. The van der Waals surface area contributed by atoms with Gasteiger partial charge in [0.05, 0.1) is 49.6 Å². The Balaban J connectivity index is 1.02. The van der Waals surface area contributed by atoms with Crippen LogP contribution in [0.15, 0.2) is 270 Å². The molecule has 14 aromatic rings. The van der Waals surface area contributed by atoms with E-state index in [1.807, 2.05) is 42.5 Å². The Morgan fingerprint density at radius 1 is 0.315 bits per heavy atom. The van der Waals surface area contributed by atoms with Gasteiger partial charge in [-0.1, -0.05) is 176 Å². The highest BCUT2D eigenvalue weighted by Gasteiger charge is 2.47. The molecule has 4 heterocycles. The fourth-order valence-corrected chi connectivity index (χ4v) is 12.2. The van der Waals surface area contributed by atoms with Gasteiger partial charge in [0.1, 0.15) is 11.2 Å². The molecule has 1 aliphatic rings. The summed E-state index contributed by atoms with van der Waals surface area (Å²) < 4.78 is 11.2. The number of benzene rings is 11. The van der Waals surface area contributed by atoms with E-state index in [1.165, 1.54) is 43.8 Å². The maximum Gasteiger partial charge on any atom is 0.200 e. The second-order valence-corrected chi connectivity index (χ2v) is 19.1. The number of hydrogen-bond donors (Lipinski definition) is 0. The molecule has 0 atom stereocenters. The first-order valence-electron chi connectivity index (χ1n) is 24.9. The molecule has 11 aromatic carbocycles. The number of anilines is 3. The van der Waals surface area contributed by atoms with Crippen molar-refractivity contribution in [3.63, 3.8) is 0 Å². The van der Waals surface area contributed by atoms with Crippen LogP contribution < -0.4 is 10.3 Å². The lowest BCUT2D eigenvalue weighted by Crippen LogP contribution is -2.38. The van der Waals surface area contributed by atoms with Gasteiger partial charge in [-0.05, 0) is 118 Å². The molecule has 342 valence electrons. The van der Waals surface area contributed by atoms with E-state index in [-0.39, 0.29) is 5.43 Å². The molecule has 0 radical (unpaired) electrons. The lowest BCUT2D eigenvalue weighted by atomic mass is 9.62. The molecule has 0 spiro atoms. The van der Waals surface area contributed by atoms with Gasteiger partial charge in [0.15, 0.2) is 0 Å². The Hall–Kier alpha value is -9.71. The highest BCUT2D eigenvalue weighted by atomic mass is 16.3. The van der Waals surface area contributed by atoms with Crippen molar-refractivity contribution in [2.24, 2.45) is 0 Å². The van der Waals surface area contributed by atoms with Crippen LogP contribution >= 0.6 is 0 Å². The second-order valence-electron chi connectivity index (χ2n) is 19.1. The topological polar surface area (TPSA) is 43.3 Å². The van der Waals surface area contributed by atoms with Crippen molar-refractivity contribution in [1.29, 1.82) is 0 Å². The predicted octanol–water partition coefficient (Wildman–Crippen LogP) is 17.0. The summed E-state index contributed by atoms with van der Waals surface area (Å²) in [7, 11) is 0. The Morgan fingerprint density at radius 3 is 1.21 bits per heavy atom. The molecule has 1 aliphatic heterocycles.